The van der Waals surface area contributed by atoms with Gasteiger partial charge in [0, 0.05) is 12.2 Å². The minimum atomic E-state index is -4.42. The van der Waals surface area contributed by atoms with Crippen molar-refractivity contribution in [3.63, 3.8) is 0 Å². The Morgan fingerprint density at radius 1 is 1.42 bits per heavy atom. The van der Waals surface area contributed by atoms with Crippen molar-refractivity contribution in [3.05, 3.63) is 28.2 Å². The standard InChI is InChI=1S/C12H14BrF3N2O/c1-2-6-18(7-12(14,15)16)11(19)8-4-3-5-9(17)10(8)13/h3-5H,2,6-7,17H2,1H3. The highest BCUT2D eigenvalue weighted by molar-refractivity contribution is 9.10. The zero-order valence-electron chi connectivity index (χ0n) is 10.3. The van der Waals surface area contributed by atoms with Crippen molar-refractivity contribution in [2.24, 2.45) is 0 Å². The molecule has 0 unspecified atom stereocenters. The molecule has 0 radical (unpaired) electrons. The molecule has 0 saturated heterocycles. The van der Waals surface area contributed by atoms with Gasteiger partial charge in [-0.2, -0.15) is 13.2 Å². The van der Waals surface area contributed by atoms with Gasteiger partial charge in [0.1, 0.15) is 6.54 Å². The number of hydrogen-bond donors (Lipinski definition) is 1. The Balaban J connectivity index is 3.02. The Bertz CT molecular complexity index is 463. The number of benzene rings is 1. The highest BCUT2D eigenvalue weighted by Gasteiger charge is 2.33. The van der Waals surface area contributed by atoms with Gasteiger partial charge in [-0.05, 0) is 34.5 Å². The lowest BCUT2D eigenvalue weighted by Crippen LogP contribution is -2.39. The fourth-order valence-corrected chi connectivity index (χ4v) is 2.06. The first-order chi connectivity index (χ1) is 8.76. The van der Waals surface area contributed by atoms with Gasteiger partial charge in [0.15, 0.2) is 0 Å². The second-order valence-corrected chi connectivity index (χ2v) is 4.84. The number of alkyl halides is 3. The first kappa shape index (κ1) is 15.8. The molecule has 1 aromatic carbocycles. The van der Waals surface area contributed by atoms with Gasteiger partial charge in [-0.3, -0.25) is 4.79 Å². The molecular formula is C12H14BrF3N2O. The number of nitrogens with zero attached hydrogens (tertiary/aromatic N) is 1. The summed E-state index contributed by atoms with van der Waals surface area (Å²) in [6, 6.07) is 4.54. The number of hydrogen-bond acceptors (Lipinski definition) is 2. The summed E-state index contributed by atoms with van der Waals surface area (Å²) in [4.78, 5) is 12.9. The largest absolute Gasteiger partial charge is 0.406 e. The first-order valence-electron chi connectivity index (χ1n) is 5.66. The predicted octanol–water partition coefficient (Wildman–Crippen LogP) is 3.45. The molecule has 0 spiro atoms. The molecule has 1 rings (SSSR count). The zero-order valence-corrected chi connectivity index (χ0v) is 11.9. The molecule has 0 aliphatic rings. The number of amides is 1. The number of nitrogen functional groups attached to an aromatic ring is 1. The maximum atomic E-state index is 12.5. The Labute approximate surface area is 117 Å². The molecule has 1 amide bonds. The maximum Gasteiger partial charge on any atom is 0.406 e. The Morgan fingerprint density at radius 3 is 2.58 bits per heavy atom. The van der Waals surface area contributed by atoms with Crippen LogP contribution in [0.5, 0.6) is 0 Å². The van der Waals surface area contributed by atoms with Crippen LogP contribution in [-0.2, 0) is 0 Å². The van der Waals surface area contributed by atoms with Crippen molar-refractivity contribution in [1.29, 1.82) is 0 Å². The summed E-state index contributed by atoms with van der Waals surface area (Å²) in [5.41, 5.74) is 6.07. The lowest BCUT2D eigenvalue weighted by atomic mass is 10.1. The van der Waals surface area contributed by atoms with Gasteiger partial charge >= 0.3 is 6.18 Å². The fraction of sp³-hybridized carbons (Fsp3) is 0.417. The number of nitrogens with two attached hydrogens (primary N) is 1. The lowest BCUT2D eigenvalue weighted by molar-refractivity contribution is -0.140. The average Bonchev–Trinajstić information content (AvgIpc) is 2.30. The van der Waals surface area contributed by atoms with Gasteiger partial charge in [0.25, 0.3) is 5.91 Å². The molecular weight excluding hydrogens is 325 g/mol. The van der Waals surface area contributed by atoms with E-state index in [1.165, 1.54) is 12.1 Å². The quantitative estimate of drug-likeness (QED) is 0.854. The van der Waals surface area contributed by atoms with Gasteiger partial charge in [-0.1, -0.05) is 13.0 Å². The van der Waals surface area contributed by atoms with E-state index in [0.29, 0.717) is 16.6 Å². The molecule has 2 N–H and O–H groups in total. The van der Waals surface area contributed by atoms with Crippen molar-refractivity contribution >= 4 is 27.5 Å². The summed E-state index contributed by atoms with van der Waals surface area (Å²) >= 11 is 3.13. The Kier molecular flexibility index (Phi) is 5.22. The van der Waals surface area contributed by atoms with Crippen LogP contribution < -0.4 is 5.73 Å². The SMILES string of the molecule is CCCN(CC(F)(F)F)C(=O)c1cccc(N)c1Br. The summed E-state index contributed by atoms with van der Waals surface area (Å²) in [5.74, 6) is -0.682. The van der Waals surface area contributed by atoms with E-state index in [1.54, 1.807) is 13.0 Å². The molecule has 106 valence electrons. The highest BCUT2D eigenvalue weighted by Crippen LogP contribution is 2.26. The van der Waals surface area contributed by atoms with Crippen molar-refractivity contribution in [2.75, 3.05) is 18.8 Å². The van der Waals surface area contributed by atoms with Crippen LogP contribution in [0.1, 0.15) is 23.7 Å². The van der Waals surface area contributed by atoms with E-state index in [4.69, 9.17) is 5.73 Å². The molecule has 19 heavy (non-hydrogen) atoms. The predicted molar refractivity (Wildman–Crippen MR) is 70.8 cm³/mol. The van der Waals surface area contributed by atoms with Crippen LogP contribution in [0.25, 0.3) is 0 Å². The summed E-state index contributed by atoms with van der Waals surface area (Å²) < 4.78 is 37.7. The summed E-state index contributed by atoms with van der Waals surface area (Å²) in [6.07, 6.45) is -3.97. The van der Waals surface area contributed by atoms with Gasteiger partial charge in [-0.25, -0.2) is 0 Å². The molecule has 0 heterocycles. The monoisotopic (exact) mass is 338 g/mol. The zero-order chi connectivity index (χ0) is 14.6. The van der Waals surface area contributed by atoms with Crippen LogP contribution in [0, 0.1) is 0 Å². The molecule has 7 heteroatoms. The molecule has 0 atom stereocenters. The maximum absolute atomic E-state index is 12.5. The summed E-state index contributed by atoms with van der Waals surface area (Å²) in [7, 11) is 0. The molecule has 0 aliphatic heterocycles. The number of carbonyl (C=O) groups excluding carboxylic acids is 1. The summed E-state index contributed by atoms with van der Waals surface area (Å²) in [5, 5.41) is 0. The number of anilines is 1. The first-order valence-corrected chi connectivity index (χ1v) is 6.45. The molecule has 0 fully saturated rings. The molecule has 3 nitrogen and oxygen atoms in total. The lowest BCUT2D eigenvalue weighted by Gasteiger charge is -2.24. The number of rotatable bonds is 4. The minimum Gasteiger partial charge on any atom is -0.398 e. The van der Waals surface area contributed by atoms with Crippen molar-refractivity contribution in [2.45, 2.75) is 19.5 Å². The van der Waals surface area contributed by atoms with E-state index in [1.807, 2.05) is 0 Å². The summed E-state index contributed by atoms with van der Waals surface area (Å²) in [6.45, 7) is 0.492. The Morgan fingerprint density at radius 2 is 2.05 bits per heavy atom. The average molecular weight is 339 g/mol. The molecule has 0 aliphatic carbocycles. The topological polar surface area (TPSA) is 46.3 Å². The van der Waals surface area contributed by atoms with Crippen LogP contribution >= 0.6 is 15.9 Å². The fourth-order valence-electron chi connectivity index (χ4n) is 1.62. The van der Waals surface area contributed by atoms with Crippen molar-refractivity contribution in [1.82, 2.24) is 4.90 Å². The van der Waals surface area contributed by atoms with Gasteiger partial charge in [-0.15, -0.1) is 0 Å². The van der Waals surface area contributed by atoms with Gasteiger partial charge < -0.3 is 10.6 Å². The van der Waals surface area contributed by atoms with Crippen LogP contribution in [0.15, 0.2) is 22.7 Å². The smallest absolute Gasteiger partial charge is 0.398 e. The van der Waals surface area contributed by atoms with E-state index in [0.717, 1.165) is 4.90 Å². The molecule has 0 saturated carbocycles. The molecule has 1 aromatic rings. The molecule has 0 bridgehead atoms. The van der Waals surface area contributed by atoms with Gasteiger partial charge in [0.05, 0.1) is 10.0 Å². The normalized spacial score (nSPS) is 11.4. The third-order valence-electron chi connectivity index (χ3n) is 2.41. The van der Waals surface area contributed by atoms with E-state index >= 15 is 0 Å². The third kappa shape index (κ3) is 4.41. The second kappa shape index (κ2) is 6.27. The van der Waals surface area contributed by atoms with Crippen LogP contribution in [-0.4, -0.2) is 30.1 Å². The molecule has 0 aromatic heterocycles. The minimum absolute atomic E-state index is 0.0413. The Hall–Kier alpha value is -1.24. The van der Waals surface area contributed by atoms with E-state index < -0.39 is 18.6 Å². The second-order valence-electron chi connectivity index (χ2n) is 4.05. The highest BCUT2D eigenvalue weighted by atomic mass is 79.9. The van der Waals surface area contributed by atoms with E-state index in [9.17, 15) is 18.0 Å². The third-order valence-corrected chi connectivity index (χ3v) is 3.29. The van der Waals surface area contributed by atoms with Crippen LogP contribution in [0.3, 0.4) is 0 Å². The van der Waals surface area contributed by atoms with Gasteiger partial charge in [0.2, 0.25) is 0 Å². The van der Waals surface area contributed by atoms with Crippen molar-refractivity contribution < 1.29 is 18.0 Å². The van der Waals surface area contributed by atoms with Crippen LogP contribution in [0.4, 0.5) is 18.9 Å². The number of carbonyl (C=O) groups is 1. The van der Waals surface area contributed by atoms with Crippen molar-refractivity contribution in [3.8, 4) is 0 Å². The number of halogens is 4. The van der Waals surface area contributed by atoms with E-state index in [2.05, 4.69) is 15.9 Å². The van der Waals surface area contributed by atoms with E-state index in [-0.39, 0.29) is 12.1 Å². The van der Waals surface area contributed by atoms with Crippen LogP contribution in [0.2, 0.25) is 0 Å².